The van der Waals surface area contributed by atoms with E-state index in [1.165, 1.54) is 54.3 Å². The molecule has 0 spiro atoms. The Bertz CT molecular complexity index is 3220. The van der Waals surface area contributed by atoms with E-state index in [4.69, 9.17) is 15.0 Å². The van der Waals surface area contributed by atoms with Crippen molar-refractivity contribution >= 4 is 54.1 Å². The number of fused-ring (bicyclic) bond motifs is 9. The van der Waals surface area contributed by atoms with Gasteiger partial charge in [-0.3, -0.25) is 0 Å². The fourth-order valence-electron chi connectivity index (χ4n) is 8.20. The quantitative estimate of drug-likeness (QED) is 0.168. The van der Waals surface area contributed by atoms with E-state index in [2.05, 4.69) is 174 Å². The van der Waals surface area contributed by atoms with Crippen LogP contribution in [0, 0.1) is 0 Å². The minimum Gasteiger partial charge on any atom is -0.309 e. The van der Waals surface area contributed by atoms with E-state index in [1.807, 2.05) is 24.3 Å². The molecule has 4 nitrogen and oxygen atoms in total. The molecular formula is C51H32N4. The van der Waals surface area contributed by atoms with Crippen LogP contribution < -0.4 is 0 Å². The zero-order valence-electron chi connectivity index (χ0n) is 29.8. The number of benzene rings is 9. The zero-order chi connectivity index (χ0) is 36.3. The second kappa shape index (κ2) is 12.6. The number of nitrogens with zero attached hydrogens (tertiary/aromatic N) is 4. The lowest BCUT2D eigenvalue weighted by atomic mass is 9.92. The molecular weight excluding hydrogens is 669 g/mol. The van der Waals surface area contributed by atoms with Gasteiger partial charge in [-0.15, -0.1) is 0 Å². The Morgan fingerprint density at radius 3 is 1.36 bits per heavy atom. The van der Waals surface area contributed by atoms with Crippen molar-refractivity contribution in [3.8, 4) is 51.0 Å². The summed E-state index contributed by atoms with van der Waals surface area (Å²) in [6.07, 6.45) is 0. The lowest BCUT2D eigenvalue weighted by molar-refractivity contribution is 1.07. The van der Waals surface area contributed by atoms with Crippen LogP contribution in [0.4, 0.5) is 0 Å². The van der Waals surface area contributed by atoms with Crippen molar-refractivity contribution < 1.29 is 0 Å². The van der Waals surface area contributed by atoms with Crippen molar-refractivity contribution in [2.45, 2.75) is 0 Å². The highest BCUT2D eigenvalue weighted by atomic mass is 15.0. The van der Waals surface area contributed by atoms with Crippen LogP contribution in [0.15, 0.2) is 194 Å². The summed E-state index contributed by atoms with van der Waals surface area (Å²) in [4.78, 5) is 15.2. The SMILES string of the molecule is c1ccc(-c2ccc(-c3nc(-c4ccccc4)nc(-c4ccc5c(c4)c4ccccc4c4cc6c7ccccc7n(-c7ccccc7)c6cc54)n3)cc2)cc1. The average Bonchev–Trinajstić information content (AvgIpc) is 3.60. The molecule has 2 aromatic heterocycles. The van der Waals surface area contributed by atoms with Crippen LogP contribution in [0.2, 0.25) is 0 Å². The van der Waals surface area contributed by atoms with Gasteiger partial charge in [-0.1, -0.05) is 158 Å². The third kappa shape index (κ3) is 5.19. The minimum atomic E-state index is 0.640. The molecule has 11 aromatic rings. The Morgan fingerprint density at radius 2 is 0.691 bits per heavy atom. The average molecular weight is 701 g/mol. The number of para-hydroxylation sites is 2. The summed E-state index contributed by atoms with van der Waals surface area (Å²) in [5.41, 5.74) is 8.69. The smallest absolute Gasteiger partial charge is 0.164 e. The van der Waals surface area contributed by atoms with Crippen molar-refractivity contribution in [1.82, 2.24) is 19.5 Å². The minimum absolute atomic E-state index is 0.640. The molecule has 0 atom stereocenters. The van der Waals surface area contributed by atoms with Gasteiger partial charge in [0, 0.05) is 33.2 Å². The maximum atomic E-state index is 5.14. The summed E-state index contributed by atoms with van der Waals surface area (Å²) in [7, 11) is 0. The highest BCUT2D eigenvalue weighted by Gasteiger charge is 2.18. The largest absolute Gasteiger partial charge is 0.309 e. The molecule has 4 heteroatoms. The van der Waals surface area contributed by atoms with Crippen LogP contribution in [0.5, 0.6) is 0 Å². The Morgan fingerprint density at radius 1 is 0.255 bits per heavy atom. The number of hydrogen-bond acceptors (Lipinski definition) is 3. The Labute approximate surface area is 317 Å². The van der Waals surface area contributed by atoms with Crippen LogP contribution >= 0.6 is 0 Å². The van der Waals surface area contributed by atoms with Crippen molar-refractivity contribution in [1.29, 1.82) is 0 Å². The summed E-state index contributed by atoms with van der Waals surface area (Å²) in [5.74, 6) is 1.93. The first kappa shape index (κ1) is 31.1. The molecule has 0 amide bonds. The van der Waals surface area contributed by atoms with E-state index in [0.29, 0.717) is 17.5 Å². The van der Waals surface area contributed by atoms with Gasteiger partial charge < -0.3 is 4.57 Å². The van der Waals surface area contributed by atoms with Crippen molar-refractivity contribution in [3.63, 3.8) is 0 Å². The molecule has 256 valence electrons. The van der Waals surface area contributed by atoms with Crippen LogP contribution in [0.25, 0.3) is 105 Å². The molecule has 55 heavy (non-hydrogen) atoms. The Hall–Kier alpha value is -7.43. The monoisotopic (exact) mass is 700 g/mol. The fourth-order valence-corrected chi connectivity index (χ4v) is 8.20. The van der Waals surface area contributed by atoms with Gasteiger partial charge in [0.1, 0.15) is 0 Å². The van der Waals surface area contributed by atoms with Crippen molar-refractivity contribution in [3.05, 3.63) is 194 Å². The van der Waals surface area contributed by atoms with Gasteiger partial charge in [-0.2, -0.15) is 0 Å². The lowest BCUT2D eigenvalue weighted by Gasteiger charge is -2.14. The summed E-state index contributed by atoms with van der Waals surface area (Å²) in [6.45, 7) is 0. The van der Waals surface area contributed by atoms with Crippen molar-refractivity contribution in [2.24, 2.45) is 0 Å². The summed E-state index contributed by atoms with van der Waals surface area (Å²) in [6, 6.07) is 68.7. The molecule has 0 saturated carbocycles. The molecule has 9 aromatic carbocycles. The molecule has 0 fully saturated rings. The first-order valence-electron chi connectivity index (χ1n) is 18.6. The van der Waals surface area contributed by atoms with Gasteiger partial charge in [0.05, 0.1) is 11.0 Å². The standard InChI is InChI=1S/C51H32N4/c1-4-14-33(15-5-1)34-24-26-36(27-25-34)50-52-49(35-16-6-2-7-17-35)53-51(54-50)37-28-29-41-43(30-37)39-20-10-11-21-40(39)44-31-46-42-22-12-13-23-47(42)55(48(46)32-45(41)44)38-18-8-3-9-19-38/h1-32H. The molecule has 2 heterocycles. The van der Waals surface area contributed by atoms with Crippen LogP contribution in [0.1, 0.15) is 0 Å². The van der Waals surface area contributed by atoms with Gasteiger partial charge >= 0.3 is 0 Å². The maximum Gasteiger partial charge on any atom is 0.164 e. The summed E-state index contributed by atoms with van der Waals surface area (Å²) >= 11 is 0. The van der Waals surface area contributed by atoms with Crippen molar-refractivity contribution in [2.75, 3.05) is 0 Å². The number of rotatable bonds is 5. The van der Waals surface area contributed by atoms with Gasteiger partial charge in [-0.25, -0.2) is 15.0 Å². The molecule has 0 saturated heterocycles. The molecule has 0 unspecified atom stereocenters. The molecule has 0 bridgehead atoms. The summed E-state index contributed by atoms with van der Waals surface area (Å²) in [5, 5.41) is 9.73. The van der Waals surface area contributed by atoms with Gasteiger partial charge in [0.2, 0.25) is 0 Å². The zero-order valence-corrected chi connectivity index (χ0v) is 29.8. The third-order valence-electron chi connectivity index (χ3n) is 10.8. The summed E-state index contributed by atoms with van der Waals surface area (Å²) < 4.78 is 2.39. The molecule has 11 rings (SSSR count). The predicted octanol–water partition coefficient (Wildman–Crippen LogP) is 13.1. The van der Waals surface area contributed by atoms with Gasteiger partial charge in [0.15, 0.2) is 17.5 Å². The van der Waals surface area contributed by atoms with E-state index in [9.17, 15) is 0 Å². The van der Waals surface area contributed by atoms with Crippen LogP contribution in [0.3, 0.4) is 0 Å². The second-order valence-electron chi connectivity index (χ2n) is 14.0. The molecule has 0 aliphatic carbocycles. The van der Waals surface area contributed by atoms with E-state index >= 15 is 0 Å². The van der Waals surface area contributed by atoms with Crippen LogP contribution in [-0.2, 0) is 0 Å². The highest BCUT2D eigenvalue weighted by molar-refractivity contribution is 6.29. The van der Waals surface area contributed by atoms with E-state index in [0.717, 1.165) is 33.3 Å². The number of hydrogen-bond donors (Lipinski definition) is 0. The lowest BCUT2D eigenvalue weighted by Crippen LogP contribution is -2.00. The first-order chi connectivity index (χ1) is 27.3. The fraction of sp³-hybridized carbons (Fsp3) is 0. The Balaban J connectivity index is 1.13. The molecule has 0 aliphatic rings. The molecule has 0 N–H and O–H groups in total. The normalized spacial score (nSPS) is 11.6. The van der Waals surface area contributed by atoms with Crippen LogP contribution in [-0.4, -0.2) is 19.5 Å². The topological polar surface area (TPSA) is 43.6 Å². The molecule has 0 aliphatic heterocycles. The van der Waals surface area contributed by atoms with E-state index < -0.39 is 0 Å². The molecule has 0 radical (unpaired) electrons. The Kier molecular flexibility index (Phi) is 7.14. The second-order valence-corrected chi connectivity index (χ2v) is 14.0. The maximum absolute atomic E-state index is 5.14. The first-order valence-corrected chi connectivity index (χ1v) is 18.6. The van der Waals surface area contributed by atoms with E-state index in [-0.39, 0.29) is 0 Å². The highest BCUT2D eigenvalue weighted by Crippen LogP contribution is 2.42. The van der Waals surface area contributed by atoms with E-state index in [1.54, 1.807) is 0 Å². The van der Waals surface area contributed by atoms with Gasteiger partial charge in [0.25, 0.3) is 0 Å². The number of aromatic nitrogens is 4. The third-order valence-corrected chi connectivity index (χ3v) is 10.8. The van der Waals surface area contributed by atoms with Gasteiger partial charge in [-0.05, 0) is 79.8 Å². The predicted molar refractivity (Wildman–Crippen MR) is 228 cm³/mol.